The van der Waals surface area contributed by atoms with Crippen molar-refractivity contribution in [3.05, 3.63) is 40.8 Å². The number of nitrogens with one attached hydrogen (secondary N) is 1. The summed E-state index contributed by atoms with van der Waals surface area (Å²) in [7, 11) is 0. The molecule has 0 aliphatic carbocycles. The second kappa shape index (κ2) is 11.5. The number of hydrogen-bond acceptors (Lipinski definition) is 5. The van der Waals surface area contributed by atoms with Crippen molar-refractivity contribution in [3.63, 3.8) is 0 Å². The summed E-state index contributed by atoms with van der Waals surface area (Å²) in [4.78, 5) is 18.4. The van der Waals surface area contributed by atoms with Crippen LogP contribution in [-0.4, -0.2) is 63.7 Å². The fourth-order valence-electron chi connectivity index (χ4n) is 4.97. The molecule has 2 aliphatic heterocycles. The third-order valence-corrected chi connectivity index (χ3v) is 7.36. The standard InChI is InChI=1S/C25H39N5OS/c1-2-3-14-26-24(32)28-19-12-21(13-20-28)30-23-11-6-5-10-22(23)29(25(30)31)18-9-17-27-15-7-4-8-16-27/h5-6,10-12,24,26,32H,2-4,7-9,13-20H2,1H3. The summed E-state index contributed by atoms with van der Waals surface area (Å²) in [6.45, 7) is 9.18. The average molecular weight is 458 g/mol. The number of thiol groups is 1. The van der Waals surface area contributed by atoms with Gasteiger partial charge in [-0.1, -0.05) is 38.0 Å². The summed E-state index contributed by atoms with van der Waals surface area (Å²) < 4.78 is 3.94. The van der Waals surface area contributed by atoms with Crippen molar-refractivity contribution in [3.8, 4) is 0 Å². The maximum absolute atomic E-state index is 13.5. The summed E-state index contributed by atoms with van der Waals surface area (Å²) in [5, 5.41) is 3.49. The van der Waals surface area contributed by atoms with Gasteiger partial charge < -0.3 is 4.90 Å². The zero-order valence-electron chi connectivity index (χ0n) is 19.5. The number of aryl methyl sites for hydroxylation is 1. The van der Waals surface area contributed by atoms with Crippen molar-refractivity contribution >= 4 is 29.4 Å². The minimum absolute atomic E-state index is 0.0622. The van der Waals surface area contributed by atoms with Crippen LogP contribution < -0.4 is 11.0 Å². The number of unbranched alkanes of at least 4 members (excludes halogenated alkanes) is 1. The summed E-state index contributed by atoms with van der Waals surface area (Å²) in [6.07, 6.45) is 10.4. The summed E-state index contributed by atoms with van der Waals surface area (Å²) in [5.74, 6) is 0. The van der Waals surface area contributed by atoms with Crippen molar-refractivity contribution in [2.45, 2.75) is 63.9 Å². The van der Waals surface area contributed by atoms with E-state index in [1.54, 1.807) is 0 Å². The van der Waals surface area contributed by atoms with Crippen LogP contribution in [-0.2, 0) is 6.54 Å². The number of imidazole rings is 1. The van der Waals surface area contributed by atoms with E-state index in [0.717, 1.165) is 62.3 Å². The van der Waals surface area contributed by atoms with Crippen molar-refractivity contribution in [1.29, 1.82) is 0 Å². The van der Waals surface area contributed by atoms with Gasteiger partial charge in [0.25, 0.3) is 0 Å². The highest BCUT2D eigenvalue weighted by molar-refractivity contribution is 7.80. The number of para-hydroxylation sites is 2. The van der Waals surface area contributed by atoms with Gasteiger partial charge in [-0.2, -0.15) is 0 Å². The molecular formula is C25H39N5OS. The Hall–Kier alpha value is -1.54. The highest BCUT2D eigenvalue weighted by Crippen LogP contribution is 2.23. The molecule has 1 N–H and O–H groups in total. The van der Waals surface area contributed by atoms with Crippen LogP contribution in [0.1, 0.15) is 51.9 Å². The fraction of sp³-hybridized carbons (Fsp3) is 0.640. The van der Waals surface area contributed by atoms with Crippen LogP contribution in [0.15, 0.2) is 35.1 Å². The molecule has 0 saturated carbocycles. The quantitative estimate of drug-likeness (QED) is 0.323. The minimum atomic E-state index is 0.0622. The largest absolute Gasteiger partial charge is 0.333 e. The molecule has 32 heavy (non-hydrogen) atoms. The number of hydrogen-bond donors (Lipinski definition) is 2. The first-order valence-corrected chi connectivity index (χ1v) is 13.0. The lowest BCUT2D eigenvalue weighted by Crippen LogP contribution is -2.44. The van der Waals surface area contributed by atoms with Crippen LogP contribution in [0.3, 0.4) is 0 Å². The predicted octanol–water partition coefficient (Wildman–Crippen LogP) is 3.83. The molecule has 0 bridgehead atoms. The van der Waals surface area contributed by atoms with E-state index in [1.807, 2.05) is 21.3 Å². The molecule has 1 aromatic carbocycles. The van der Waals surface area contributed by atoms with E-state index >= 15 is 0 Å². The number of aromatic nitrogens is 2. The summed E-state index contributed by atoms with van der Waals surface area (Å²) in [6, 6.07) is 8.25. The minimum Gasteiger partial charge on any atom is -0.303 e. The number of piperidine rings is 1. The lowest BCUT2D eigenvalue weighted by atomic mass is 10.1. The molecule has 2 aromatic rings. The van der Waals surface area contributed by atoms with E-state index in [2.05, 4.69) is 40.2 Å². The lowest BCUT2D eigenvalue weighted by molar-refractivity contribution is 0.223. The van der Waals surface area contributed by atoms with Gasteiger partial charge in [-0.15, -0.1) is 12.6 Å². The number of rotatable bonds is 10. The van der Waals surface area contributed by atoms with Gasteiger partial charge in [0.05, 0.1) is 11.0 Å². The predicted molar refractivity (Wildman–Crippen MR) is 137 cm³/mol. The van der Waals surface area contributed by atoms with Crippen LogP contribution in [0.25, 0.3) is 16.7 Å². The molecule has 3 heterocycles. The van der Waals surface area contributed by atoms with E-state index in [4.69, 9.17) is 12.6 Å². The number of benzene rings is 1. The van der Waals surface area contributed by atoms with Crippen molar-refractivity contribution in [2.24, 2.45) is 0 Å². The Kier molecular flexibility index (Phi) is 8.52. The first-order chi connectivity index (χ1) is 15.7. The number of fused-ring (bicyclic) bond motifs is 1. The Labute approximate surface area is 197 Å². The Morgan fingerprint density at radius 2 is 1.81 bits per heavy atom. The van der Waals surface area contributed by atoms with Gasteiger partial charge in [-0.3, -0.25) is 19.4 Å². The maximum atomic E-state index is 13.5. The Morgan fingerprint density at radius 1 is 1.03 bits per heavy atom. The molecule has 4 rings (SSSR count). The number of nitrogens with zero attached hydrogens (tertiary/aromatic N) is 4. The van der Waals surface area contributed by atoms with Crippen LogP contribution in [0, 0.1) is 0 Å². The zero-order valence-corrected chi connectivity index (χ0v) is 20.4. The molecule has 7 heteroatoms. The fourth-order valence-corrected chi connectivity index (χ4v) is 5.31. The van der Waals surface area contributed by atoms with Crippen molar-refractivity contribution in [1.82, 2.24) is 24.3 Å². The first-order valence-electron chi connectivity index (χ1n) is 12.5. The average Bonchev–Trinajstić information content (AvgIpc) is 3.11. The van der Waals surface area contributed by atoms with E-state index < -0.39 is 0 Å². The van der Waals surface area contributed by atoms with Gasteiger partial charge >= 0.3 is 5.69 Å². The van der Waals surface area contributed by atoms with Crippen LogP contribution >= 0.6 is 12.6 Å². The molecule has 1 fully saturated rings. The summed E-state index contributed by atoms with van der Waals surface area (Å²) >= 11 is 4.74. The molecule has 0 spiro atoms. The van der Waals surface area contributed by atoms with Gasteiger partial charge in [0.2, 0.25) is 0 Å². The molecule has 1 saturated heterocycles. The topological polar surface area (TPSA) is 45.4 Å². The van der Waals surface area contributed by atoms with Gasteiger partial charge in [0.1, 0.15) is 5.50 Å². The smallest absolute Gasteiger partial charge is 0.303 e. The molecular weight excluding hydrogens is 418 g/mol. The van der Waals surface area contributed by atoms with E-state index in [0.29, 0.717) is 0 Å². The van der Waals surface area contributed by atoms with Gasteiger partial charge in [0, 0.05) is 31.8 Å². The Morgan fingerprint density at radius 3 is 2.53 bits per heavy atom. The number of likely N-dealkylation sites (tertiary alicyclic amines) is 1. The maximum Gasteiger partial charge on any atom is 0.333 e. The molecule has 2 aliphatic rings. The third kappa shape index (κ3) is 5.50. The monoisotopic (exact) mass is 457 g/mol. The van der Waals surface area contributed by atoms with Crippen molar-refractivity contribution < 1.29 is 0 Å². The van der Waals surface area contributed by atoms with Crippen LogP contribution in [0.4, 0.5) is 0 Å². The van der Waals surface area contributed by atoms with E-state index in [9.17, 15) is 4.79 Å². The van der Waals surface area contributed by atoms with Crippen LogP contribution in [0.2, 0.25) is 0 Å². The second-order valence-electron chi connectivity index (χ2n) is 9.14. The Bertz CT molecular complexity index is 959. The zero-order chi connectivity index (χ0) is 22.3. The molecule has 1 atom stereocenters. The first kappa shape index (κ1) is 23.6. The van der Waals surface area contributed by atoms with Gasteiger partial charge in [-0.05, 0) is 64.0 Å². The molecule has 1 aromatic heterocycles. The highest BCUT2D eigenvalue weighted by atomic mass is 32.1. The third-order valence-electron chi connectivity index (χ3n) is 6.85. The van der Waals surface area contributed by atoms with Gasteiger partial charge in [0.15, 0.2) is 0 Å². The lowest BCUT2D eigenvalue weighted by Gasteiger charge is -2.31. The van der Waals surface area contributed by atoms with E-state index in [1.165, 1.54) is 45.2 Å². The second-order valence-corrected chi connectivity index (χ2v) is 9.63. The molecule has 6 nitrogen and oxygen atoms in total. The van der Waals surface area contributed by atoms with Gasteiger partial charge in [-0.25, -0.2) is 4.79 Å². The molecule has 1 unspecified atom stereocenters. The normalized spacial score (nSPS) is 19.4. The van der Waals surface area contributed by atoms with Crippen LogP contribution in [0.5, 0.6) is 0 Å². The SMILES string of the molecule is CCCCNC(S)N1CC=C(n2c(=O)n(CCCN3CCCCC3)c3ccccc32)CC1. The molecule has 176 valence electrons. The highest BCUT2D eigenvalue weighted by Gasteiger charge is 2.22. The Balaban J connectivity index is 1.47. The molecule has 0 radical (unpaired) electrons. The van der Waals surface area contributed by atoms with Crippen molar-refractivity contribution in [2.75, 3.05) is 39.3 Å². The summed E-state index contributed by atoms with van der Waals surface area (Å²) in [5.41, 5.74) is 3.36. The van der Waals surface area contributed by atoms with E-state index in [-0.39, 0.29) is 11.2 Å². The molecule has 0 amide bonds.